The predicted molar refractivity (Wildman–Crippen MR) is 465 cm³/mol. The minimum atomic E-state index is -1.01. The Kier molecular flexibility index (Phi) is 33.4. The number of piperazine rings is 2. The molecule has 6 aromatic heterocycles. The van der Waals surface area contributed by atoms with Crippen molar-refractivity contribution in [1.82, 2.24) is 69.8 Å². The Hall–Kier alpha value is -12.9. The van der Waals surface area contributed by atoms with Gasteiger partial charge in [-0.1, -0.05) is 42.5 Å². The zero-order valence-corrected chi connectivity index (χ0v) is 71.6. The van der Waals surface area contributed by atoms with Crippen molar-refractivity contribution in [3.05, 3.63) is 198 Å². The second kappa shape index (κ2) is 46.7. The monoisotopic (exact) mass is 1770 g/mol. The van der Waals surface area contributed by atoms with Gasteiger partial charge in [-0.2, -0.15) is 0 Å². The molecular formula is C91H105N17O21. The van der Waals surface area contributed by atoms with Crippen LogP contribution in [0.3, 0.4) is 0 Å². The van der Waals surface area contributed by atoms with Crippen LogP contribution >= 0.6 is 0 Å². The van der Waals surface area contributed by atoms with Crippen molar-refractivity contribution < 1.29 is 99.8 Å². The van der Waals surface area contributed by atoms with Crippen LogP contribution in [0.4, 0.5) is 17.1 Å². The van der Waals surface area contributed by atoms with Crippen LogP contribution in [-0.4, -0.2) is 295 Å². The third-order valence-corrected chi connectivity index (χ3v) is 22.5. The summed E-state index contributed by atoms with van der Waals surface area (Å²) in [6.45, 7) is 13.1. The lowest BCUT2D eigenvalue weighted by Gasteiger charge is -2.36. The molecule has 4 fully saturated rings. The van der Waals surface area contributed by atoms with Gasteiger partial charge in [0.25, 0.3) is 23.6 Å². The number of aromatic nitrogens is 8. The van der Waals surface area contributed by atoms with Gasteiger partial charge in [0.2, 0.25) is 29.5 Å². The van der Waals surface area contributed by atoms with Crippen LogP contribution in [-0.2, 0) is 98.8 Å². The first-order chi connectivity index (χ1) is 63.1. The average molecular weight is 1770 g/mol. The molecule has 0 spiro atoms. The number of piperidine rings is 2. The highest BCUT2D eigenvalue weighted by Crippen LogP contribution is 2.35. The molecule has 5 N–H and O–H groups in total. The normalized spacial score (nSPS) is 16.3. The molecular weight excluding hydrogens is 1670 g/mol. The van der Waals surface area contributed by atoms with Gasteiger partial charge in [-0.25, -0.2) is 9.97 Å². The minimum Gasteiger partial charge on any atom is -0.481 e. The fourth-order valence-electron chi connectivity index (χ4n) is 15.8. The Balaban J connectivity index is 0.000000174. The molecule has 0 saturated carbocycles. The van der Waals surface area contributed by atoms with Gasteiger partial charge < -0.3 is 77.2 Å². The summed E-state index contributed by atoms with van der Waals surface area (Å²) in [6, 6.07) is 32.7. The number of anilines is 3. The Morgan fingerprint density at radius 1 is 0.450 bits per heavy atom. The quantitative estimate of drug-likeness (QED) is 0.0218. The van der Waals surface area contributed by atoms with Gasteiger partial charge in [0.15, 0.2) is 11.3 Å². The fraction of sp³-hybridized carbons (Fsp3) is 0.429. The molecule has 10 aromatic rings. The molecule has 9 amide bonds. The molecule has 0 radical (unpaired) electrons. The van der Waals surface area contributed by atoms with E-state index in [2.05, 4.69) is 105 Å². The lowest BCUT2D eigenvalue weighted by atomic mass is 9.99. The highest BCUT2D eigenvalue weighted by atomic mass is 16.6. The number of carboxylic acid groups (broad SMARTS) is 1. The van der Waals surface area contributed by atoms with Gasteiger partial charge in [0.05, 0.1) is 147 Å². The number of hydrogen-bond acceptors (Lipinski definition) is 30. The van der Waals surface area contributed by atoms with Gasteiger partial charge in [-0.15, -0.1) is 20.4 Å². The molecule has 38 nitrogen and oxygen atoms in total. The molecule has 4 saturated heterocycles. The molecule has 2 unspecified atom stereocenters. The summed E-state index contributed by atoms with van der Waals surface area (Å²) in [5.74, 6) is -1.40. The number of nitrogens with one attached hydrogen (secondary N) is 4. The standard InChI is InChI=1S/C46H52N8O10.C24H31N3O10.C21H22N6O/c55-40-15-13-38(44(57)49-40)54-45(58)36-7-1-4-33(42(36)46(54)59)5-2-21-60-24-26-62-28-29-63-27-25-61-23-16-41(56)52-19-17-51(18-20-52)34-10-8-32(9-11-34)37-30-47-39(53-31-48-50-43(37)53)14-12-35-6-3-22-64-35;28-19-5-4-18(22(31)26-19)27-23(32)16-2-1-3-17(21(16)24(27)33)25-7-9-35-11-13-37-15-14-36-12-10-34-8-6-20(29)30;1-2-18(28-13-1)7-8-20-23-14-19(21-25-24-15-27(20)21)16-3-5-17(6-4-16)26-11-9-22-10-12-26/h1,3-4,6-11,22,30-31,38H,2,5,12-21,23-29H2,(H,49,55,57);1-3,18,25H,4-15H2,(H,29,30)(H,26,28,31);1-6,13-15,22H,7-12H2. The third kappa shape index (κ3) is 24.5. The van der Waals surface area contributed by atoms with E-state index in [4.69, 9.17) is 56.8 Å². The maximum atomic E-state index is 13.3. The van der Waals surface area contributed by atoms with Crippen LogP contribution in [0.25, 0.3) is 33.5 Å². The van der Waals surface area contributed by atoms with Crippen molar-refractivity contribution in [2.75, 3.05) is 180 Å². The largest absolute Gasteiger partial charge is 0.481 e. The second-order valence-electron chi connectivity index (χ2n) is 30.9. The van der Waals surface area contributed by atoms with Gasteiger partial charge in [0.1, 0.15) is 47.9 Å². The van der Waals surface area contributed by atoms with Crippen LogP contribution in [0.1, 0.15) is 115 Å². The molecule has 2 atom stereocenters. The molecule has 4 aromatic carbocycles. The van der Waals surface area contributed by atoms with E-state index in [1.807, 2.05) is 50.4 Å². The highest BCUT2D eigenvalue weighted by molar-refractivity contribution is 6.26. The lowest BCUT2D eigenvalue weighted by molar-refractivity contribution is -0.139. The number of amides is 9. The summed E-state index contributed by atoms with van der Waals surface area (Å²) in [5, 5.41) is 36.4. The smallest absolute Gasteiger partial charge is 0.305 e. The van der Waals surface area contributed by atoms with Crippen molar-refractivity contribution in [3.8, 4) is 22.3 Å². The topological polar surface area (TPSA) is 442 Å². The van der Waals surface area contributed by atoms with E-state index in [0.29, 0.717) is 156 Å². The number of hydrogen-bond donors (Lipinski definition) is 5. The van der Waals surface area contributed by atoms with Gasteiger partial charge in [-0.05, 0) is 109 Å². The maximum Gasteiger partial charge on any atom is 0.305 e. The SMILES string of the molecule is O=C(O)CCOCCOCCOCCOCCNc1cccc2c1C(=O)N(C1CCC(=O)NC1=O)C2=O.O=C1CCC(N2C(=O)c3cccc(CCCOCCOCCOCCOCCC(=O)N4CCN(c5ccc(-c6cnc(CCc7ccco7)n7cnnc67)cc5)CC4)c3C2=O)C(=O)N1.c1coc(CCc2ncc(-c3ccc(N4CCNCC4)cc3)c3nncn23)c1. The van der Waals surface area contributed by atoms with Crippen LogP contribution in [0.5, 0.6) is 0 Å². The number of nitrogens with zero attached hydrogens (tertiary/aromatic N) is 13. The number of aryl methyl sites for hydroxylation is 5. The molecule has 129 heavy (non-hydrogen) atoms. The molecule has 16 rings (SSSR count). The summed E-state index contributed by atoms with van der Waals surface area (Å²) >= 11 is 0. The first-order valence-electron chi connectivity index (χ1n) is 43.5. The number of imide groups is 4. The van der Waals surface area contributed by atoms with Crippen molar-refractivity contribution in [3.63, 3.8) is 0 Å². The number of carboxylic acids is 1. The van der Waals surface area contributed by atoms with Crippen molar-refractivity contribution >= 4 is 87.5 Å². The molecule has 6 aliphatic heterocycles. The minimum absolute atomic E-state index is 0.0346. The summed E-state index contributed by atoms with van der Waals surface area (Å²) in [5.41, 5.74) is 10.1. The second-order valence-corrected chi connectivity index (χ2v) is 30.9. The molecule has 38 heteroatoms. The number of ether oxygens (including phenoxy) is 8. The van der Waals surface area contributed by atoms with Crippen LogP contribution in [0.2, 0.25) is 0 Å². The summed E-state index contributed by atoms with van der Waals surface area (Å²) in [4.78, 5) is 141. The Morgan fingerprint density at radius 2 is 0.899 bits per heavy atom. The molecule has 6 aliphatic rings. The van der Waals surface area contributed by atoms with E-state index >= 15 is 0 Å². The van der Waals surface area contributed by atoms with Gasteiger partial charge in [-0.3, -0.25) is 77.2 Å². The van der Waals surface area contributed by atoms with Crippen LogP contribution < -0.4 is 31.1 Å². The number of benzene rings is 4. The van der Waals surface area contributed by atoms with Crippen LogP contribution in [0, 0.1) is 0 Å². The number of aliphatic carboxylic acids is 1. The lowest BCUT2D eigenvalue weighted by Crippen LogP contribution is -2.54. The first kappa shape index (κ1) is 92.3. The summed E-state index contributed by atoms with van der Waals surface area (Å²) in [7, 11) is 0. The van der Waals surface area contributed by atoms with Crippen molar-refractivity contribution in [2.45, 2.75) is 89.1 Å². The van der Waals surface area contributed by atoms with E-state index in [9.17, 15) is 47.9 Å². The molecule has 12 heterocycles. The van der Waals surface area contributed by atoms with E-state index in [1.54, 1.807) is 55.5 Å². The third-order valence-electron chi connectivity index (χ3n) is 22.5. The zero-order valence-electron chi connectivity index (χ0n) is 71.6. The Bertz CT molecular complexity index is 5460. The van der Waals surface area contributed by atoms with E-state index in [0.717, 1.165) is 136 Å². The Labute approximate surface area is 742 Å². The summed E-state index contributed by atoms with van der Waals surface area (Å²) < 4.78 is 58.6. The highest BCUT2D eigenvalue weighted by Gasteiger charge is 2.47. The predicted octanol–water partition coefficient (Wildman–Crippen LogP) is 5.93. The number of furan rings is 2. The number of carbonyl (C=O) groups excluding carboxylic acids is 9. The molecule has 0 bridgehead atoms. The van der Waals surface area contributed by atoms with E-state index in [1.165, 1.54) is 11.8 Å². The van der Waals surface area contributed by atoms with Crippen molar-refractivity contribution in [2.24, 2.45) is 0 Å². The Morgan fingerprint density at radius 3 is 1.38 bits per heavy atom. The zero-order chi connectivity index (χ0) is 89.6. The molecule has 680 valence electrons. The van der Waals surface area contributed by atoms with Gasteiger partial charge in [0, 0.05) is 145 Å². The van der Waals surface area contributed by atoms with E-state index < -0.39 is 65.3 Å². The van der Waals surface area contributed by atoms with Crippen LogP contribution in [0.15, 0.2) is 156 Å². The van der Waals surface area contributed by atoms with E-state index in [-0.39, 0.29) is 61.3 Å². The number of carbonyl (C=O) groups is 10. The first-order valence-corrected chi connectivity index (χ1v) is 43.5. The maximum absolute atomic E-state index is 13.3. The van der Waals surface area contributed by atoms with Gasteiger partial charge >= 0.3 is 5.97 Å². The molecule has 0 aliphatic carbocycles. The van der Waals surface area contributed by atoms with Crippen molar-refractivity contribution in [1.29, 1.82) is 0 Å². The number of fused-ring (bicyclic) bond motifs is 4. The number of rotatable bonds is 44. The summed E-state index contributed by atoms with van der Waals surface area (Å²) in [6.07, 6.45) is 15.4. The fourth-order valence-corrected chi connectivity index (χ4v) is 15.8. The average Bonchev–Trinajstić information content (AvgIpc) is 1.60.